The van der Waals surface area contributed by atoms with Gasteiger partial charge in [0, 0.05) is 6.20 Å². The number of quaternary nitrogens is 1. The number of aromatic nitrogens is 1. The predicted octanol–water partition coefficient (Wildman–Crippen LogP) is 0.961. The van der Waals surface area contributed by atoms with Crippen LogP contribution in [-0.2, 0) is 4.79 Å². The van der Waals surface area contributed by atoms with Gasteiger partial charge in [0.2, 0.25) is 0 Å². The van der Waals surface area contributed by atoms with Gasteiger partial charge in [-0.25, -0.2) is 4.98 Å². The van der Waals surface area contributed by atoms with Crippen molar-refractivity contribution in [2.24, 2.45) is 0 Å². The summed E-state index contributed by atoms with van der Waals surface area (Å²) in [6, 6.07) is 4.87. The van der Waals surface area contributed by atoms with E-state index in [9.17, 15) is 9.59 Å². The van der Waals surface area contributed by atoms with Crippen molar-refractivity contribution in [3.63, 3.8) is 0 Å². The second-order valence-electron chi connectivity index (χ2n) is 5.73. The van der Waals surface area contributed by atoms with Crippen molar-refractivity contribution in [2.75, 3.05) is 38.0 Å². The van der Waals surface area contributed by atoms with Crippen molar-refractivity contribution >= 4 is 40.8 Å². The molecule has 132 valence electrons. The topological polar surface area (TPSA) is 79.9 Å². The Balaban J connectivity index is 1.48. The molecule has 0 bridgehead atoms. The van der Waals surface area contributed by atoms with E-state index in [2.05, 4.69) is 10.3 Å². The van der Waals surface area contributed by atoms with Gasteiger partial charge in [0.05, 0.1) is 42.5 Å². The molecular formula is C16H17Cl2N4O3+. The maximum Gasteiger partial charge on any atom is 0.289 e. The number of hydrogen-bond donors (Lipinski definition) is 2. The van der Waals surface area contributed by atoms with Crippen molar-refractivity contribution in [1.82, 2.24) is 9.88 Å². The highest BCUT2D eigenvalue weighted by Gasteiger charge is 2.27. The summed E-state index contributed by atoms with van der Waals surface area (Å²) in [5.74, 6) is 0.329. The predicted molar refractivity (Wildman–Crippen MR) is 93.1 cm³/mol. The molecule has 0 aromatic carbocycles. The van der Waals surface area contributed by atoms with Crippen LogP contribution in [0.4, 0.5) is 5.82 Å². The number of piperazine rings is 1. The van der Waals surface area contributed by atoms with E-state index >= 15 is 0 Å². The van der Waals surface area contributed by atoms with Gasteiger partial charge < -0.3 is 19.5 Å². The van der Waals surface area contributed by atoms with Crippen LogP contribution >= 0.6 is 23.2 Å². The van der Waals surface area contributed by atoms with Crippen LogP contribution in [0.15, 0.2) is 35.1 Å². The Kier molecular flexibility index (Phi) is 5.57. The largest absolute Gasteiger partial charge is 0.459 e. The van der Waals surface area contributed by atoms with Crippen molar-refractivity contribution in [2.45, 2.75) is 0 Å². The summed E-state index contributed by atoms with van der Waals surface area (Å²) in [6.45, 7) is 2.79. The first-order valence-electron chi connectivity index (χ1n) is 7.80. The fourth-order valence-electron chi connectivity index (χ4n) is 2.67. The van der Waals surface area contributed by atoms with Crippen LogP contribution in [0.3, 0.4) is 0 Å². The van der Waals surface area contributed by atoms with Crippen LogP contribution in [0.25, 0.3) is 0 Å². The third-order valence-corrected chi connectivity index (χ3v) is 4.46. The molecule has 0 spiro atoms. The molecule has 3 rings (SSSR count). The zero-order valence-corrected chi connectivity index (χ0v) is 14.8. The molecule has 0 saturated carbocycles. The molecule has 0 radical (unpaired) electrons. The van der Waals surface area contributed by atoms with E-state index in [1.807, 2.05) is 0 Å². The highest BCUT2D eigenvalue weighted by molar-refractivity contribution is 6.36. The molecule has 1 aliphatic heterocycles. The highest BCUT2D eigenvalue weighted by atomic mass is 35.5. The van der Waals surface area contributed by atoms with Gasteiger partial charge in [-0.1, -0.05) is 23.2 Å². The van der Waals surface area contributed by atoms with E-state index in [1.54, 1.807) is 17.0 Å². The van der Waals surface area contributed by atoms with E-state index in [0.29, 0.717) is 47.8 Å². The minimum atomic E-state index is -0.183. The van der Waals surface area contributed by atoms with Crippen LogP contribution in [0.1, 0.15) is 10.6 Å². The molecule has 0 atom stereocenters. The van der Waals surface area contributed by atoms with Crippen molar-refractivity contribution in [3.05, 3.63) is 46.5 Å². The lowest BCUT2D eigenvalue weighted by molar-refractivity contribution is -0.895. The number of anilines is 1. The number of carbonyl (C=O) groups excluding carboxylic acids is 2. The lowest BCUT2D eigenvalue weighted by atomic mass is 10.3. The zero-order chi connectivity index (χ0) is 17.8. The molecule has 2 aromatic heterocycles. The average Bonchev–Trinajstić information content (AvgIpc) is 3.12. The maximum atomic E-state index is 12.2. The van der Waals surface area contributed by atoms with Crippen molar-refractivity contribution in [3.8, 4) is 0 Å². The molecule has 1 aliphatic rings. The third-order valence-electron chi connectivity index (χ3n) is 3.97. The second kappa shape index (κ2) is 7.86. The van der Waals surface area contributed by atoms with E-state index < -0.39 is 0 Å². The molecule has 1 fully saturated rings. The summed E-state index contributed by atoms with van der Waals surface area (Å²) < 4.78 is 5.13. The maximum absolute atomic E-state index is 12.2. The van der Waals surface area contributed by atoms with E-state index in [0.717, 1.165) is 4.90 Å². The number of amides is 2. The standard InChI is InChI=1S/C16H16Cl2N4O3/c17-11-8-12(18)15(19-9-11)20-14(23)10-21-3-5-22(6-4-21)16(24)13-2-1-7-25-13/h1-2,7-9H,3-6,10H2,(H,19,20,23)/p+1. The monoisotopic (exact) mass is 383 g/mol. The summed E-state index contributed by atoms with van der Waals surface area (Å²) in [5.41, 5.74) is 0. The molecule has 0 unspecified atom stereocenters. The molecule has 0 aliphatic carbocycles. The van der Waals surface area contributed by atoms with Gasteiger partial charge >= 0.3 is 0 Å². The lowest BCUT2D eigenvalue weighted by Crippen LogP contribution is -3.15. The molecule has 9 heteroatoms. The van der Waals surface area contributed by atoms with Gasteiger partial charge in [0.15, 0.2) is 18.1 Å². The van der Waals surface area contributed by atoms with Gasteiger partial charge in [0.1, 0.15) is 0 Å². The summed E-state index contributed by atoms with van der Waals surface area (Å²) in [4.78, 5) is 31.2. The van der Waals surface area contributed by atoms with E-state index in [1.165, 1.54) is 18.5 Å². The van der Waals surface area contributed by atoms with Crippen LogP contribution in [0.5, 0.6) is 0 Å². The lowest BCUT2D eigenvalue weighted by Gasteiger charge is -2.31. The zero-order valence-electron chi connectivity index (χ0n) is 13.3. The molecule has 2 aromatic rings. The van der Waals surface area contributed by atoms with Gasteiger partial charge in [-0.15, -0.1) is 0 Å². The smallest absolute Gasteiger partial charge is 0.289 e. The van der Waals surface area contributed by atoms with E-state index in [-0.39, 0.29) is 18.4 Å². The minimum Gasteiger partial charge on any atom is -0.459 e. The minimum absolute atomic E-state index is 0.120. The average molecular weight is 384 g/mol. The number of pyridine rings is 1. The fraction of sp³-hybridized carbons (Fsp3) is 0.312. The number of furan rings is 1. The van der Waals surface area contributed by atoms with Crippen LogP contribution < -0.4 is 10.2 Å². The first kappa shape index (κ1) is 17.7. The number of nitrogens with one attached hydrogen (secondary N) is 2. The SMILES string of the molecule is O=C(C[NH+]1CCN(C(=O)c2ccco2)CC1)Nc1ncc(Cl)cc1Cl. The highest BCUT2D eigenvalue weighted by Crippen LogP contribution is 2.22. The Labute approximate surface area is 154 Å². The molecule has 2 N–H and O–H groups in total. The molecule has 3 heterocycles. The summed E-state index contributed by atoms with van der Waals surface area (Å²) >= 11 is 11.8. The Morgan fingerprint density at radius 1 is 1.32 bits per heavy atom. The molecule has 2 amide bonds. The van der Waals surface area contributed by atoms with E-state index in [4.69, 9.17) is 27.6 Å². The first-order valence-corrected chi connectivity index (χ1v) is 8.56. The van der Waals surface area contributed by atoms with Crippen LogP contribution in [-0.4, -0.2) is 54.4 Å². The molecule has 25 heavy (non-hydrogen) atoms. The van der Waals surface area contributed by atoms with Crippen molar-refractivity contribution in [1.29, 1.82) is 0 Å². The number of halogens is 2. The molecule has 1 saturated heterocycles. The summed E-state index contributed by atoms with van der Waals surface area (Å²) in [7, 11) is 0. The molecule has 7 nitrogen and oxygen atoms in total. The van der Waals surface area contributed by atoms with Gasteiger partial charge in [-0.2, -0.15) is 0 Å². The second-order valence-corrected chi connectivity index (χ2v) is 6.57. The quantitative estimate of drug-likeness (QED) is 0.823. The fourth-order valence-corrected chi connectivity index (χ4v) is 3.10. The summed E-state index contributed by atoms with van der Waals surface area (Å²) in [6.07, 6.45) is 2.91. The van der Waals surface area contributed by atoms with Crippen LogP contribution in [0, 0.1) is 0 Å². The number of rotatable bonds is 4. The van der Waals surface area contributed by atoms with Crippen molar-refractivity contribution < 1.29 is 18.9 Å². The Hall–Kier alpha value is -2.09. The Morgan fingerprint density at radius 3 is 2.72 bits per heavy atom. The normalized spacial score (nSPS) is 15.2. The Bertz CT molecular complexity index is 759. The third kappa shape index (κ3) is 4.50. The Morgan fingerprint density at radius 2 is 2.08 bits per heavy atom. The summed E-state index contributed by atoms with van der Waals surface area (Å²) in [5, 5.41) is 3.39. The number of nitrogens with zero attached hydrogens (tertiary/aromatic N) is 2. The van der Waals surface area contributed by atoms with Gasteiger partial charge in [-0.3, -0.25) is 9.59 Å². The van der Waals surface area contributed by atoms with Gasteiger partial charge in [-0.05, 0) is 18.2 Å². The van der Waals surface area contributed by atoms with Crippen LogP contribution in [0.2, 0.25) is 10.0 Å². The first-order chi connectivity index (χ1) is 12.0. The molecular weight excluding hydrogens is 367 g/mol. The van der Waals surface area contributed by atoms with Gasteiger partial charge in [0.25, 0.3) is 11.8 Å². The number of carbonyl (C=O) groups is 2. The number of hydrogen-bond acceptors (Lipinski definition) is 4.